The van der Waals surface area contributed by atoms with E-state index >= 15 is 0 Å². The van der Waals surface area contributed by atoms with Crippen LogP contribution in [-0.4, -0.2) is 43.3 Å². The highest BCUT2D eigenvalue weighted by atomic mass is 32.2. The predicted octanol–water partition coefficient (Wildman–Crippen LogP) is 3.67. The molecule has 0 radical (unpaired) electrons. The van der Waals surface area contributed by atoms with Gasteiger partial charge in [0, 0.05) is 24.0 Å². The average molecular weight is 476 g/mol. The molecule has 1 aliphatic rings. The summed E-state index contributed by atoms with van der Waals surface area (Å²) < 4.78 is 45.6. The van der Waals surface area contributed by atoms with E-state index < -0.39 is 27.8 Å². The van der Waals surface area contributed by atoms with Crippen LogP contribution in [0.1, 0.15) is 23.3 Å². The van der Waals surface area contributed by atoms with Crippen LogP contribution in [0.5, 0.6) is 5.75 Å². The first-order valence-corrected chi connectivity index (χ1v) is 12.3. The summed E-state index contributed by atoms with van der Waals surface area (Å²) in [6.07, 6.45) is 3.31. The molecule has 1 saturated heterocycles. The molecule has 0 bridgehead atoms. The van der Waals surface area contributed by atoms with Crippen molar-refractivity contribution in [1.82, 2.24) is 9.29 Å². The Morgan fingerprint density at radius 1 is 1.28 bits per heavy atom. The van der Waals surface area contributed by atoms with E-state index in [9.17, 15) is 17.6 Å². The van der Waals surface area contributed by atoms with Crippen molar-refractivity contribution in [1.29, 1.82) is 0 Å². The van der Waals surface area contributed by atoms with E-state index in [-0.39, 0.29) is 11.4 Å². The predicted molar refractivity (Wildman–Crippen MR) is 120 cm³/mol. The molecule has 3 aromatic rings. The second-order valence-electron chi connectivity index (χ2n) is 7.38. The van der Waals surface area contributed by atoms with Crippen molar-refractivity contribution < 1.29 is 22.3 Å². The molecule has 1 atom stereocenters. The van der Waals surface area contributed by atoms with E-state index in [1.807, 2.05) is 24.3 Å². The van der Waals surface area contributed by atoms with E-state index in [1.165, 1.54) is 27.8 Å². The van der Waals surface area contributed by atoms with Crippen LogP contribution in [0, 0.1) is 5.82 Å². The number of carbonyl (C=O) groups is 1. The first kappa shape index (κ1) is 22.4. The Morgan fingerprint density at radius 3 is 2.81 bits per heavy atom. The largest absolute Gasteiger partial charge is 0.497 e. The molecule has 10 heteroatoms. The zero-order chi connectivity index (χ0) is 22.7. The monoisotopic (exact) mass is 475 g/mol. The summed E-state index contributed by atoms with van der Waals surface area (Å²) >= 11 is 1.34. The van der Waals surface area contributed by atoms with Gasteiger partial charge < -0.3 is 10.1 Å². The molecule has 168 valence electrons. The van der Waals surface area contributed by atoms with Crippen LogP contribution < -0.4 is 10.1 Å². The lowest BCUT2D eigenvalue weighted by Gasteiger charge is -2.23. The highest BCUT2D eigenvalue weighted by Gasteiger charge is 2.39. The Labute approximate surface area is 189 Å². The fourth-order valence-corrected chi connectivity index (χ4v) is 6.16. The third kappa shape index (κ3) is 4.82. The van der Waals surface area contributed by atoms with Crippen LogP contribution in [0.3, 0.4) is 0 Å². The van der Waals surface area contributed by atoms with Gasteiger partial charge in [0.2, 0.25) is 15.9 Å². The molecule has 1 aromatic heterocycles. The van der Waals surface area contributed by atoms with Crippen LogP contribution in [0.25, 0.3) is 0 Å². The molecule has 2 heterocycles. The zero-order valence-corrected chi connectivity index (χ0v) is 19.0. The number of amides is 1. The molecule has 1 aliphatic heterocycles. The zero-order valence-electron chi connectivity index (χ0n) is 17.3. The lowest BCUT2D eigenvalue weighted by molar-refractivity contribution is -0.119. The lowest BCUT2D eigenvalue weighted by Crippen LogP contribution is -2.43. The minimum Gasteiger partial charge on any atom is -0.497 e. The van der Waals surface area contributed by atoms with Gasteiger partial charge in [0.25, 0.3) is 0 Å². The van der Waals surface area contributed by atoms with Gasteiger partial charge >= 0.3 is 0 Å². The number of benzene rings is 2. The number of sulfonamides is 1. The first-order chi connectivity index (χ1) is 15.4. The molecule has 2 aromatic carbocycles. The smallest absolute Gasteiger partial charge is 0.244 e. The standard InChI is InChI=1S/C22H22FN3O4S2/c1-30-17-5-2-4-15(12-17)13-18-14-24-22(31-18)25-21(27)20-6-3-11-26(20)32(28,29)19-9-7-16(23)8-10-19/h2,4-5,7-10,12,14,20H,3,6,11,13H2,1H3,(H,24,25,27)/t20-/m1/s1. The number of nitrogens with zero attached hydrogens (tertiary/aromatic N) is 2. The Morgan fingerprint density at radius 2 is 2.06 bits per heavy atom. The summed E-state index contributed by atoms with van der Waals surface area (Å²) in [4.78, 5) is 18.1. The molecule has 1 fully saturated rings. The molecule has 7 nitrogen and oxygen atoms in total. The molecular weight excluding hydrogens is 453 g/mol. The molecule has 1 N–H and O–H groups in total. The fourth-order valence-electron chi connectivity index (χ4n) is 3.65. The van der Waals surface area contributed by atoms with E-state index in [4.69, 9.17) is 4.74 Å². The third-order valence-electron chi connectivity index (χ3n) is 5.22. The van der Waals surface area contributed by atoms with E-state index in [1.54, 1.807) is 13.3 Å². The van der Waals surface area contributed by atoms with Crippen molar-refractivity contribution in [3.8, 4) is 5.75 Å². The van der Waals surface area contributed by atoms with E-state index in [0.717, 1.165) is 28.3 Å². The number of hydrogen-bond acceptors (Lipinski definition) is 6. The number of hydrogen-bond donors (Lipinski definition) is 1. The minimum absolute atomic E-state index is 0.0339. The van der Waals surface area contributed by atoms with E-state index in [2.05, 4.69) is 10.3 Å². The average Bonchev–Trinajstić information content (AvgIpc) is 3.44. The lowest BCUT2D eigenvalue weighted by atomic mass is 10.1. The number of nitrogens with one attached hydrogen (secondary N) is 1. The summed E-state index contributed by atoms with van der Waals surface area (Å²) in [7, 11) is -2.29. The Kier molecular flexibility index (Phi) is 6.54. The summed E-state index contributed by atoms with van der Waals surface area (Å²) in [6, 6.07) is 11.5. The van der Waals surface area contributed by atoms with Gasteiger partial charge in [-0.25, -0.2) is 17.8 Å². The van der Waals surface area contributed by atoms with Crippen molar-refractivity contribution in [3.63, 3.8) is 0 Å². The van der Waals surface area contributed by atoms with Crippen molar-refractivity contribution in [2.45, 2.75) is 30.2 Å². The Balaban J connectivity index is 1.45. The van der Waals surface area contributed by atoms with Crippen LogP contribution in [-0.2, 0) is 21.2 Å². The number of rotatable bonds is 7. The van der Waals surface area contributed by atoms with Crippen molar-refractivity contribution in [2.75, 3.05) is 19.0 Å². The minimum atomic E-state index is -3.91. The summed E-state index contributed by atoms with van der Waals surface area (Å²) in [5.74, 6) is -0.173. The van der Waals surface area contributed by atoms with Crippen molar-refractivity contribution in [2.24, 2.45) is 0 Å². The number of anilines is 1. The molecule has 0 spiro atoms. The molecule has 4 rings (SSSR count). The molecule has 0 unspecified atom stereocenters. The Hall–Kier alpha value is -2.82. The Bertz CT molecular complexity index is 1210. The molecule has 0 aliphatic carbocycles. The SMILES string of the molecule is COc1cccc(Cc2cnc(NC(=O)[C@H]3CCCN3S(=O)(=O)c3ccc(F)cc3)s2)c1. The van der Waals surface area contributed by atoms with Gasteiger partial charge in [0.15, 0.2) is 5.13 Å². The van der Waals surface area contributed by atoms with Crippen LogP contribution in [0.15, 0.2) is 59.6 Å². The summed E-state index contributed by atoms with van der Waals surface area (Å²) in [5, 5.41) is 3.17. The first-order valence-electron chi connectivity index (χ1n) is 10.0. The molecular formula is C22H22FN3O4S2. The highest BCUT2D eigenvalue weighted by Crippen LogP contribution is 2.28. The van der Waals surface area contributed by atoms with Gasteiger partial charge in [0.05, 0.1) is 12.0 Å². The number of methoxy groups -OCH3 is 1. The summed E-state index contributed by atoms with van der Waals surface area (Å²) in [6.45, 7) is 0.233. The number of aromatic nitrogens is 1. The highest BCUT2D eigenvalue weighted by molar-refractivity contribution is 7.89. The van der Waals surface area contributed by atoms with Gasteiger partial charge in [-0.05, 0) is 54.8 Å². The normalized spacial score (nSPS) is 16.8. The fraction of sp³-hybridized carbons (Fsp3) is 0.273. The van der Waals surface area contributed by atoms with Gasteiger partial charge in [-0.1, -0.05) is 12.1 Å². The maximum atomic E-state index is 13.2. The topological polar surface area (TPSA) is 88.6 Å². The van der Waals surface area contributed by atoms with Gasteiger partial charge in [-0.15, -0.1) is 11.3 Å². The van der Waals surface area contributed by atoms with Gasteiger partial charge in [-0.2, -0.15) is 4.31 Å². The third-order valence-corrected chi connectivity index (χ3v) is 8.06. The maximum Gasteiger partial charge on any atom is 0.244 e. The number of carbonyl (C=O) groups excluding carboxylic acids is 1. The summed E-state index contributed by atoms with van der Waals surface area (Å²) in [5.41, 5.74) is 1.05. The van der Waals surface area contributed by atoms with Crippen LogP contribution in [0.2, 0.25) is 0 Å². The molecule has 0 saturated carbocycles. The molecule has 32 heavy (non-hydrogen) atoms. The van der Waals surface area contributed by atoms with Gasteiger partial charge in [0.1, 0.15) is 17.6 Å². The number of halogens is 1. The molecule has 1 amide bonds. The van der Waals surface area contributed by atoms with Crippen LogP contribution in [0.4, 0.5) is 9.52 Å². The quantitative estimate of drug-likeness (QED) is 0.563. The number of thiazole rings is 1. The van der Waals surface area contributed by atoms with Crippen molar-refractivity contribution >= 4 is 32.4 Å². The second-order valence-corrected chi connectivity index (χ2v) is 10.4. The maximum absolute atomic E-state index is 13.2. The van der Waals surface area contributed by atoms with Crippen molar-refractivity contribution in [3.05, 3.63) is 71.0 Å². The second kappa shape index (κ2) is 9.35. The van der Waals surface area contributed by atoms with Gasteiger partial charge in [-0.3, -0.25) is 4.79 Å². The van der Waals surface area contributed by atoms with E-state index in [0.29, 0.717) is 24.4 Å². The number of ether oxygens (including phenoxy) is 1. The van der Waals surface area contributed by atoms with Crippen LogP contribution >= 0.6 is 11.3 Å².